The second-order valence-electron chi connectivity index (χ2n) is 7.29. The van der Waals surface area contributed by atoms with E-state index in [-0.39, 0.29) is 5.91 Å². The highest BCUT2D eigenvalue weighted by atomic mass is 32.2. The fraction of sp³-hybridized carbons (Fsp3) is 0.450. The van der Waals surface area contributed by atoms with Crippen LogP contribution in [0.25, 0.3) is 0 Å². The van der Waals surface area contributed by atoms with E-state index < -0.39 is 10.0 Å². The first-order valence-electron chi connectivity index (χ1n) is 9.65. The van der Waals surface area contributed by atoms with Crippen LogP contribution in [0.5, 0.6) is 5.75 Å². The highest BCUT2D eigenvalue weighted by Gasteiger charge is 2.32. The van der Waals surface area contributed by atoms with Crippen molar-refractivity contribution >= 4 is 33.0 Å². The number of rotatable bonds is 4. The van der Waals surface area contributed by atoms with Gasteiger partial charge in [-0.2, -0.15) is 4.31 Å². The minimum Gasteiger partial charge on any atom is -0.497 e. The number of thiophene rings is 1. The topological polar surface area (TPSA) is 70.2 Å². The van der Waals surface area contributed by atoms with Crippen LogP contribution in [0.3, 0.4) is 0 Å². The lowest BCUT2D eigenvalue weighted by atomic mass is 10.1. The van der Waals surface area contributed by atoms with E-state index in [0.29, 0.717) is 43.5 Å². The summed E-state index contributed by atoms with van der Waals surface area (Å²) in [5.41, 5.74) is 2.03. The molecular weight excluding hydrogens is 410 g/mol. The largest absolute Gasteiger partial charge is 0.497 e. The van der Waals surface area contributed by atoms with Crippen LogP contribution in [0.2, 0.25) is 0 Å². The van der Waals surface area contributed by atoms with Crippen molar-refractivity contribution in [3.63, 3.8) is 0 Å². The number of nitrogens with zero attached hydrogens (tertiary/aromatic N) is 3. The molecule has 0 unspecified atom stereocenters. The van der Waals surface area contributed by atoms with E-state index >= 15 is 0 Å². The molecule has 0 saturated carbocycles. The van der Waals surface area contributed by atoms with Crippen molar-refractivity contribution in [3.05, 3.63) is 40.8 Å². The second-order valence-corrected chi connectivity index (χ2v) is 10.6. The molecule has 9 heteroatoms. The Balaban J connectivity index is 1.45. The minimum atomic E-state index is -3.51. The van der Waals surface area contributed by atoms with Crippen LogP contribution in [0.1, 0.15) is 17.4 Å². The Kier molecular flexibility index (Phi) is 5.54. The molecule has 0 N–H and O–H groups in total. The molecule has 4 rings (SSSR count). The molecule has 1 amide bonds. The van der Waals surface area contributed by atoms with Crippen molar-refractivity contribution < 1.29 is 17.9 Å². The Labute approximate surface area is 175 Å². The Morgan fingerprint density at radius 2 is 1.76 bits per heavy atom. The van der Waals surface area contributed by atoms with E-state index in [2.05, 4.69) is 4.90 Å². The van der Waals surface area contributed by atoms with Gasteiger partial charge in [0, 0.05) is 56.8 Å². The van der Waals surface area contributed by atoms with Crippen LogP contribution in [0.4, 0.5) is 5.69 Å². The molecule has 7 nitrogen and oxygen atoms in total. The standard InChI is InChI=1S/C20H25N3O4S2/c1-15(24)22-8-7-19-16(14-22)13-20(28-19)29(25,26)23-11-9-21(10-12-23)17-3-5-18(27-2)6-4-17/h3-6,13H,7-12,14H2,1-2H3. The maximum Gasteiger partial charge on any atom is 0.252 e. The first-order chi connectivity index (χ1) is 13.9. The fourth-order valence-electron chi connectivity index (χ4n) is 3.81. The molecule has 1 aromatic heterocycles. The molecule has 2 aromatic rings. The lowest BCUT2D eigenvalue weighted by Gasteiger charge is -2.35. The number of carbonyl (C=O) groups excluding carboxylic acids is 1. The molecule has 156 valence electrons. The molecule has 2 aliphatic rings. The zero-order chi connectivity index (χ0) is 20.6. The first-order valence-corrected chi connectivity index (χ1v) is 11.9. The monoisotopic (exact) mass is 435 g/mol. The predicted octanol–water partition coefficient (Wildman–Crippen LogP) is 2.17. The molecular formula is C20H25N3O4S2. The van der Waals surface area contributed by atoms with Crippen molar-refractivity contribution in [1.29, 1.82) is 0 Å². The van der Waals surface area contributed by atoms with Gasteiger partial charge in [-0.3, -0.25) is 4.79 Å². The number of ether oxygens (including phenoxy) is 1. The van der Waals surface area contributed by atoms with Gasteiger partial charge in [0.2, 0.25) is 5.91 Å². The van der Waals surface area contributed by atoms with Crippen LogP contribution in [-0.4, -0.2) is 63.4 Å². The number of carbonyl (C=O) groups is 1. The van der Waals surface area contributed by atoms with Gasteiger partial charge in [0.15, 0.2) is 0 Å². The van der Waals surface area contributed by atoms with Gasteiger partial charge in [-0.05, 0) is 42.3 Å². The molecule has 0 aliphatic carbocycles. The van der Waals surface area contributed by atoms with E-state index in [9.17, 15) is 13.2 Å². The third-order valence-electron chi connectivity index (χ3n) is 5.56. The van der Waals surface area contributed by atoms with E-state index in [1.807, 2.05) is 24.3 Å². The summed E-state index contributed by atoms with van der Waals surface area (Å²) in [5, 5.41) is 0. The van der Waals surface area contributed by atoms with Crippen molar-refractivity contribution in [2.24, 2.45) is 0 Å². The molecule has 2 aliphatic heterocycles. The third-order valence-corrected chi connectivity index (χ3v) is 9.14. The average Bonchev–Trinajstić information content (AvgIpc) is 3.18. The number of anilines is 1. The second kappa shape index (κ2) is 7.97. The highest BCUT2D eigenvalue weighted by Crippen LogP contribution is 2.33. The van der Waals surface area contributed by atoms with Gasteiger partial charge >= 0.3 is 0 Å². The van der Waals surface area contributed by atoms with Crippen molar-refractivity contribution in [2.45, 2.75) is 24.1 Å². The lowest BCUT2D eigenvalue weighted by molar-refractivity contribution is -0.129. The number of methoxy groups -OCH3 is 1. The quantitative estimate of drug-likeness (QED) is 0.736. The maximum atomic E-state index is 13.2. The van der Waals surface area contributed by atoms with Crippen molar-refractivity contribution in [1.82, 2.24) is 9.21 Å². The summed E-state index contributed by atoms with van der Waals surface area (Å²) in [6.45, 7) is 4.92. The van der Waals surface area contributed by atoms with Crippen molar-refractivity contribution in [2.75, 3.05) is 44.7 Å². The molecule has 1 saturated heterocycles. The van der Waals surface area contributed by atoms with E-state index in [1.165, 1.54) is 11.3 Å². The summed E-state index contributed by atoms with van der Waals surface area (Å²) in [6, 6.07) is 9.59. The number of fused-ring (bicyclic) bond motifs is 1. The number of piperazine rings is 1. The van der Waals surface area contributed by atoms with Crippen LogP contribution in [0.15, 0.2) is 34.5 Å². The number of hydrogen-bond acceptors (Lipinski definition) is 6. The number of amides is 1. The summed E-state index contributed by atoms with van der Waals surface area (Å²) in [7, 11) is -1.87. The molecule has 1 fully saturated rings. The van der Waals surface area contributed by atoms with Crippen LogP contribution in [-0.2, 0) is 27.8 Å². The summed E-state index contributed by atoms with van der Waals surface area (Å²) >= 11 is 1.36. The van der Waals surface area contributed by atoms with Gasteiger partial charge in [-0.25, -0.2) is 8.42 Å². The lowest BCUT2D eigenvalue weighted by Crippen LogP contribution is -2.48. The molecule has 0 atom stereocenters. The van der Waals surface area contributed by atoms with Gasteiger partial charge in [-0.15, -0.1) is 11.3 Å². The van der Waals surface area contributed by atoms with Gasteiger partial charge in [0.05, 0.1) is 7.11 Å². The van der Waals surface area contributed by atoms with Gasteiger partial charge < -0.3 is 14.5 Å². The average molecular weight is 436 g/mol. The molecule has 0 radical (unpaired) electrons. The Bertz CT molecular complexity index is 993. The summed E-state index contributed by atoms with van der Waals surface area (Å²) in [4.78, 5) is 16.7. The van der Waals surface area contributed by atoms with Gasteiger partial charge in [0.1, 0.15) is 9.96 Å². The van der Waals surface area contributed by atoms with Gasteiger partial charge in [0.25, 0.3) is 10.0 Å². The normalized spacial score (nSPS) is 17.9. The Hall–Kier alpha value is -2.10. The number of benzene rings is 1. The molecule has 0 bridgehead atoms. The fourth-order valence-corrected chi connectivity index (χ4v) is 6.93. The highest BCUT2D eigenvalue weighted by molar-refractivity contribution is 7.91. The Morgan fingerprint density at radius 1 is 1.07 bits per heavy atom. The Morgan fingerprint density at radius 3 is 2.38 bits per heavy atom. The zero-order valence-electron chi connectivity index (χ0n) is 16.6. The summed E-state index contributed by atoms with van der Waals surface area (Å²) < 4.78 is 33.5. The smallest absolute Gasteiger partial charge is 0.252 e. The first kappa shape index (κ1) is 20.2. The zero-order valence-corrected chi connectivity index (χ0v) is 18.3. The van der Waals surface area contributed by atoms with E-state index in [1.54, 1.807) is 29.3 Å². The molecule has 1 aromatic carbocycles. The van der Waals surface area contributed by atoms with Crippen LogP contribution >= 0.6 is 11.3 Å². The number of hydrogen-bond donors (Lipinski definition) is 0. The molecule has 29 heavy (non-hydrogen) atoms. The predicted molar refractivity (Wildman–Crippen MR) is 113 cm³/mol. The minimum absolute atomic E-state index is 0.0286. The van der Waals surface area contributed by atoms with Crippen LogP contribution in [0, 0.1) is 0 Å². The van der Waals surface area contributed by atoms with Crippen molar-refractivity contribution in [3.8, 4) is 5.75 Å². The van der Waals surface area contributed by atoms with Gasteiger partial charge in [-0.1, -0.05) is 0 Å². The molecule has 3 heterocycles. The third kappa shape index (κ3) is 3.99. The maximum absolute atomic E-state index is 13.2. The number of sulfonamides is 1. The molecule has 0 spiro atoms. The summed E-state index contributed by atoms with van der Waals surface area (Å²) in [6.07, 6.45) is 0.723. The summed E-state index contributed by atoms with van der Waals surface area (Å²) in [5.74, 6) is 0.834. The van der Waals surface area contributed by atoms with E-state index in [0.717, 1.165) is 28.3 Å². The van der Waals surface area contributed by atoms with Crippen LogP contribution < -0.4 is 9.64 Å². The SMILES string of the molecule is COc1ccc(N2CCN(S(=O)(=O)c3cc4c(s3)CCN(C(C)=O)C4)CC2)cc1. The van der Waals surface area contributed by atoms with E-state index in [4.69, 9.17) is 4.74 Å².